The Labute approximate surface area is 599 Å². The van der Waals surface area contributed by atoms with Gasteiger partial charge in [-0.3, -0.25) is 0 Å². The van der Waals surface area contributed by atoms with Gasteiger partial charge in [0.25, 0.3) is 13.4 Å². The Balaban J connectivity index is 1.15. The first kappa shape index (κ1) is 68.3. The molecule has 10 aromatic carbocycles. The molecule has 100 heavy (non-hydrogen) atoms. The van der Waals surface area contributed by atoms with E-state index in [1.54, 1.807) is 0 Å². The van der Waals surface area contributed by atoms with Crippen molar-refractivity contribution in [1.29, 1.82) is 0 Å². The highest BCUT2D eigenvalue weighted by atomic mass is 16.5. The number of hydrogen-bond acceptors (Lipinski definition) is 6. The number of fused-ring (bicyclic) bond motifs is 8. The molecule has 0 bridgehead atoms. The zero-order chi connectivity index (χ0) is 71.7. The van der Waals surface area contributed by atoms with Gasteiger partial charge >= 0.3 is 0 Å². The van der Waals surface area contributed by atoms with E-state index in [4.69, 9.17) is 14.2 Å². The summed E-state index contributed by atoms with van der Waals surface area (Å²) >= 11 is 0. The second-order valence-corrected chi connectivity index (χ2v) is 37.3. The van der Waals surface area contributed by atoms with E-state index in [0.717, 1.165) is 79.5 Å². The summed E-state index contributed by atoms with van der Waals surface area (Å²) < 4.78 is 22.2. The maximum atomic E-state index is 7.90. The summed E-state index contributed by atoms with van der Waals surface area (Å²) in [5.41, 5.74) is 26.0. The van der Waals surface area contributed by atoms with Gasteiger partial charge in [-0.15, -0.1) is 0 Å². The first-order valence-electron chi connectivity index (χ1n) is 36.4. The highest BCUT2D eigenvalue weighted by molar-refractivity contribution is 7.03. The molecule has 510 valence electrons. The molecule has 0 aromatic heterocycles. The molecule has 4 heterocycles. The van der Waals surface area contributed by atoms with Crippen LogP contribution in [0.3, 0.4) is 0 Å². The van der Waals surface area contributed by atoms with Crippen molar-refractivity contribution >= 4 is 97.4 Å². The molecule has 0 aliphatic carbocycles. The van der Waals surface area contributed by atoms with E-state index in [9.17, 15) is 0 Å². The molecule has 4 aliphatic heterocycles. The Morgan fingerprint density at radius 3 is 0.960 bits per heavy atom. The maximum Gasteiger partial charge on any atom is 0.256 e. The maximum absolute atomic E-state index is 7.90. The molecule has 8 heteroatoms. The Bertz CT molecular complexity index is 4830. The van der Waals surface area contributed by atoms with Gasteiger partial charge in [0, 0.05) is 81.5 Å². The smallest absolute Gasteiger partial charge is 0.256 e. The highest BCUT2D eigenvalue weighted by Gasteiger charge is 2.51. The summed E-state index contributed by atoms with van der Waals surface area (Å²) in [5, 5.41) is 0. The van der Waals surface area contributed by atoms with E-state index in [0.29, 0.717) is 5.75 Å². The summed E-state index contributed by atoms with van der Waals surface area (Å²) in [6.07, 6.45) is 0. The molecule has 4 aliphatic rings. The van der Waals surface area contributed by atoms with E-state index >= 15 is 0 Å². The van der Waals surface area contributed by atoms with Crippen molar-refractivity contribution in [1.82, 2.24) is 0 Å². The van der Waals surface area contributed by atoms with Crippen LogP contribution in [0.5, 0.6) is 34.5 Å². The summed E-state index contributed by atoms with van der Waals surface area (Å²) in [6, 6.07) is 70.6. The van der Waals surface area contributed by atoms with Crippen molar-refractivity contribution in [3.8, 4) is 34.5 Å². The van der Waals surface area contributed by atoms with Crippen LogP contribution in [0.2, 0.25) is 0 Å². The Morgan fingerprint density at radius 2 is 0.580 bits per heavy atom. The Kier molecular flexibility index (Phi) is 15.9. The van der Waals surface area contributed by atoms with Crippen molar-refractivity contribution in [3.05, 3.63) is 233 Å². The van der Waals surface area contributed by atoms with Gasteiger partial charge in [0.2, 0.25) is 0 Å². The third-order valence-corrected chi connectivity index (χ3v) is 21.3. The van der Waals surface area contributed by atoms with E-state index in [1.165, 1.54) is 77.7 Å². The van der Waals surface area contributed by atoms with E-state index < -0.39 is 0 Å². The average Bonchev–Trinajstić information content (AvgIpc) is 0.682. The van der Waals surface area contributed by atoms with Crippen LogP contribution in [-0.4, -0.2) is 13.4 Å². The summed E-state index contributed by atoms with van der Waals surface area (Å²) in [4.78, 5) is 7.74. The number of ether oxygens (including phenoxy) is 3. The Morgan fingerprint density at radius 1 is 0.250 bits per heavy atom. The molecular formula is C92H103B2N3O3. The standard InChI is InChI=1S/C92H103B2N3O3/c1-85(2,3)56-40-57(86(4,5)6)43-63(42-56)96-74-48-60(89(13,14)15)46-69(91(19,20)21)81(74)93-71-54-72-79(55-73(71)95(62-34-28-25-29-35-62)76-50-67(51-77(96)83(76)93)98-65-36-30-26-31-37-65)100-80-53-68(99-66-38-32-27-33-39-66)52-78-84(80)94(72)82-70(92(22,23)24)47-61(90(16,17)18)49-75(82)97(78)64-44-58(87(7,8)9)41-59(45-64)88(10,11)12/h25-55H,1-24H3. The molecule has 10 aromatic rings. The minimum absolute atomic E-state index is 0.149. The fourth-order valence-corrected chi connectivity index (χ4v) is 15.5. The molecule has 0 amide bonds. The van der Waals surface area contributed by atoms with Crippen LogP contribution < -0.4 is 61.7 Å². The number of para-hydroxylation sites is 3. The summed E-state index contributed by atoms with van der Waals surface area (Å²) in [6.45, 7) is 56.4. The molecular weight excluding hydrogens is 1220 g/mol. The van der Waals surface area contributed by atoms with Crippen LogP contribution in [0.4, 0.5) is 51.2 Å². The predicted molar refractivity (Wildman–Crippen MR) is 429 cm³/mol. The molecule has 0 fully saturated rings. The zero-order valence-corrected chi connectivity index (χ0v) is 64.1. The predicted octanol–water partition coefficient (Wildman–Crippen LogP) is 22.1. The van der Waals surface area contributed by atoms with Crippen molar-refractivity contribution in [2.24, 2.45) is 0 Å². The quantitative estimate of drug-likeness (QED) is 0.148. The number of benzene rings is 10. The lowest BCUT2D eigenvalue weighted by Gasteiger charge is -2.47. The van der Waals surface area contributed by atoms with Gasteiger partial charge in [-0.25, -0.2) is 0 Å². The first-order chi connectivity index (χ1) is 46.6. The van der Waals surface area contributed by atoms with Gasteiger partial charge < -0.3 is 28.9 Å². The van der Waals surface area contributed by atoms with Gasteiger partial charge in [-0.1, -0.05) is 251 Å². The monoisotopic (exact) mass is 1320 g/mol. The van der Waals surface area contributed by atoms with Gasteiger partial charge in [0.05, 0.1) is 0 Å². The van der Waals surface area contributed by atoms with E-state index in [-0.39, 0.29) is 56.7 Å². The number of nitrogens with zero attached hydrogens (tertiary/aromatic N) is 3. The molecule has 0 unspecified atom stereocenters. The minimum Gasteiger partial charge on any atom is -0.458 e. The molecule has 0 saturated carbocycles. The summed E-state index contributed by atoms with van der Waals surface area (Å²) in [7, 11) is 0. The van der Waals surface area contributed by atoms with Crippen LogP contribution in [-0.2, 0) is 43.3 Å². The van der Waals surface area contributed by atoms with Crippen LogP contribution in [0.1, 0.15) is 211 Å². The van der Waals surface area contributed by atoms with Gasteiger partial charge in [-0.2, -0.15) is 0 Å². The molecule has 0 N–H and O–H groups in total. The molecule has 0 atom stereocenters. The normalized spacial score (nSPS) is 14.4. The lowest BCUT2D eigenvalue weighted by atomic mass is 9.29. The van der Waals surface area contributed by atoms with Crippen LogP contribution >= 0.6 is 0 Å². The fraction of sp³-hybridized carbons (Fsp3) is 0.348. The number of hydrogen-bond donors (Lipinski definition) is 0. The van der Waals surface area contributed by atoms with Gasteiger partial charge in [-0.05, 0) is 193 Å². The first-order valence-corrected chi connectivity index (χ1v) is 36.4. The van der Waals surface area contributed by atoms with Crippen molar-refractivity contribution in [3.63, 3.8) is 0 Å². The van der Waals surface area contributed by atoms with Crippen molar-refractivity contribution in [2.75, 3.05) is 14.7 Å². The second-order valence-electron chi connectivity index (χ2n) is 37.3. The topological polar surface area (TPSA) is 37.4 Å². The number of anilines is 9. The third-order valence-electron chi connectivity index (χ3n) is 21.3. The van der Waals surface area contributed by atoms with Gasteiger partial charge in [0.1, 0.15) is 34.5 Å². The van der Waals surface area contributed by atoms with Crippen molar-refractivity contribution < 1.29 is 14.2 Å². The lowest BCUT2D eigenvalue weighted by Crippen LogP contribution is -2.65. The Hall–Kier alpha value is -8.87. The number of rotatable bonds is 7. The third kappa shape index (κ3) is 12.1. The molecule has 0 saturated heterocycles. The van der Waals surface area contributed by atoms with E-state index in [1.807, 2.05) is 30.3 Å². The second kappa shape index (κ2) is 23.3. The summed E-state index contributed by atoms with van der Waals surface area (Å²) in [5.74, 6) is 4.57. The zero-order valence-electron chi connectivity index (χ0n) is 64.1. The molecule has 14 rings (SSSR count). The van der Waals surface area contributed by atoms with Crippen LogP contribution in [0.15, 0.2) is 188 Å². The molecule has 6 nitrogen and oxygen atoms in total. The van der Waals surface area contributed by atoms with Gasteiger partial charge in [0.15, 0.2) is 0 Å². The van der Waals surface area contributed by atoms with Crippen LogP contribution in [0, 0.1) is 0 Å². The SMILES string of the molecule is CC(C)(C)c1cc(N2c3cc(Oc4ccccc4)cc4c3B(c3cc5c(cc3O4)N(c3ccccc3)c3cc(Oc4ccccc4)cc4c3B5c3c(cc(C(C)(C)C)cc3C(C)(C)C)N4c3cc(C(C)(C)C)cc(C(C)(C)C)c3)c3c2cc(C(C)(C)C)cc3C(C)(C)C)cc(C(C)(C)C)c1. The van der Waals surface area contributed by atoms with Crippen LogP contribution in [0.25, 0.3) is 0 Å². The largest absolute Gasteiger partial charge is 0.458 e. The lowest BCUT2D eigenvalue weighted by molar-refractivity contribution is 0.463. The fourth-order valence-electron chi connectivity index (χ4n) is 15.5. The van der Waals surface area contributed by atoms with E-state index in [2.05, 4.69) is 339 Å². The molecule has 0 spiro atoms. The molecule has 0 radical (unpaired) electrons. The minimum atomic E-state index is -0.300. The average molecular weight is 1320 g/mol. The van der Waals surface area contributed by atoms with Crippen molar-refractivity contribution in [2.45, 2.75) is 209 Å². The highest BCUT2D eigenvalue weighted by Crippen LogP contribution is 2.53.